The van der Waals surface area contributed by atoms with Crippen molar-refractivity contribution < 1.29 is 33.3 Å². The molecule has 45 heavy (non-hydrogen) atoms. The summed E-state index contributed by atoms with van der Waals surface area (Å²) in [5, 5.41) is 8.05. The number of hydrogen-bond donors (Lipinski definition) is 3. The van der Waals surface area contributed by atoms with Gasteiger partial charge < -0.3 is 34.9 Å². The molecule has 230 valence electrons. The Morgan fingerprint density at radius 1 is 0.822 bits per heavy atom. The number of amides is 3. The highest BCUT2D eigenvalue weighted by atomic mass is 32.2. The third-order valence-corrected chi connectivity index (χ3v) is 7.82. The molecule has 5 rings (SSSR count). The zero-order valence-electron chi connectivity index (χ0n) is 24.8. The van der Waals surface area contributed by atoms with Crippen molar-refractivity contribution in [2.24, 2.45) is 0 Å². The normalized spacial score (nSPS) is 12.6. The molecule has 1 aliphatic heterocycles. The molecular formula is C34H31N3O7S. The van der Waals surface area contributed by atoms with Crippen molar-refractivity contribution in [3.63, 3.8) is 0 Å². The average Bonchev–Trinajstić information content (AvgIpc) is 3.54. The molecule has 3 N–H and O–H groups in total. The lowest BCUT2D eigenvalue weighted by atomic mass is 10.1. The highest BCUT2D eigenvalue weighted by Crippen LogP contribution is 2.35. The minimum absolute atomic E-state index is 0.0135. The minimum atomic E-state index is -0.533. The van der Waals surface area contributed by atoms with Crippen molar-refractivity contribution in [3.8, 4) is 23.0 Å². The van der Waals surface area contributed by atoms with Crippen LogP contribution in [0, 0.1) is 0 Å². The third-order valence-electron chi connectivity index (χ3n) is 6.70. The van der Waals surface area contributed by atoms with Crippen molar-refractivity contribution in [2.45, 2.75) is 17.1 Å². The zero-order valence-corrected chi connectivity index (χ0v) is 25.6. The Bertz CT molecular complexity index is 1730. The molecule has 0 saturated carbocycles. The molecule has 10 nitrogen and oxygen atoms in total. The van der Waals surface area contributed by atoms with Gasteiger partial charge in [0.2, 0.25) is 12.7 Å². The van der Waals surface area contributed by atoms with Crippen molar-refractivity contribution in [2.75, 3.05) is 31.6 Å². The quantitative estimate of drug-likeness (QED) is 0.138. The zero-order chi connectivity index (χ0) is 31.8. The van der Waals surface area contributed by atoms with Crippen LogP contribution in [-0.4, -0.2) is 44.0 Å². The number of nitrogens with one attached hydrogen (secondary N) is 3. The largest absolute Gasteiger partial charge is 0.497 e. The standard InChI is InChI=1S/C34H31N3O7S/c1-21(32(38)36-25-12-16-29-31(18-25)44-20-43-29)45-27-14-10-24(11-15-27)35-34(40)28(37-33(39)22-7-5-4-6-8-22)17-23-9-13-26(41-2)19-30(23)42-3/h4-19,21H,20H2,1-3H3,(H,35,40)(H,36,38)(H,37,39)/b28-17-. The van der Waals surface area contributed by atoms with E-state index in [2.05, 4.69) is 16.0 Å². The van der Waals surface area contributed by atoms with Gasteiger partial charge in [-0.3, -0.25) is 14.4 Å². The van der Waals surface area contributed by atoms with Gasteiger partial charge >= 0.3 is 0 Å². The summed E-state index contributed by atoms with van der Waals surface area (Å²) in [6, 6.07) is 26.1. The molecule has 4 aromatic rings. The Labute approximate surface area is 264 Å². The number of fused-ring (bicyclic) bond motifs is 1. The molecule has 1 unspecified atom stereocenters. The predicted octanol–water partition coefficient (Wildman–Crippen LogP) is 5.96. The maximum Gasteiger partial charge on any atom is 0.272 e. The molecule has 1 heterocycles. The first-order valence-corrected chi connectivity index (χ1v) is 14.8. The Balaban J connectivity index is 1.27. The van der Waals surface area contributed by atoms with Gasteiger partial charge in [-0.25, -0.2) is 0 Å². The lowest BCUT2D eigenvalue weighted by Gasteiger charge is -2.14. The van der Waals surface area contributed by atoms with Crippen LogP contribution >= 0.6 is 11.8 Å². The summed E-state index contributed by atoms with van der Waals surface area (Å²) in [4.78, 5) is 40.1. The maximum absolute atomic E-state index is 13.5. The van der Waals surface area contributed by atoms with Crippen LogP contribution in [0.25, 0.3) is 6.08 Å². The fourth-order valence-corrected chi connectivity index (χ4v) is 5.19. The second kappa shape index (κ2) is 14.4. The number of carbonyl (C=O) groups excluding carboxylic acids is 3. The molecule has 0 saturated heterocycles. The number of benzene rings is 4. The van der Waals surface area contributed by atoms with Gasteiger partial charge in [-0.1, -0.05) is 18.2 Å². The van der Waals surface area contributed by atoms with Crippen LogP contribution < -0.4 is 34.9 Å². The van der Waals surface area contributed by atoms with E-state index in [1.807, 2.05) is 19.1 Å². The van der Waals surface area contributed by atoms with E-state index in [1.165, 1.54) is 18.9 Å². The van der Waals surface area contributed by atoms with Gasteiger partial charge in [0.05, 0.1) is 19.5 Å². The van der Waals surface area contributed by atoms with Gasteiger partial charge in [-0.2, -0.15) is 0 Å². The molecule has 4 aromatic carbocycles. The average molecular weight is 626 g/mol. The number of ether oxygens (including phenoxy) is 4. The van der Waals surface area contributed by atoms with Crippen molar-refractivity contribution in [3.05, 3.63) is 108 Å². The molecule has 1 atom stereocenters. The van der Waals surface area contributed by atoms with E-state index in [4.69, 9.17) is 18.9 Å². The molecule has 3 amide bonds. The number of thioether (sulfide) groups is 1. The molecule has 0 bridgehead atoms. The van der Waals surface area contributed by atoms with Gasteiger partial charge in [-0.05, 0) is 73.7 Å². The molecule has 0 fully saturated rings. The van der Waals surface area contributed by atoms with Gasteiger partial charge in [0.25, 0.3) is 11.8 Å². The van der Waals surface area contributed by atoms with Crippen LogP contribution in [0.5, 0.6) is 23.0 Å². The highest BCUT2D eigenvalue weighted by molar-refractivity contribution is 8.00. The van der Waals surface area contributed by atoms with Crippen LogP contribution in [0.2, 0.25) is 0 Å². The smallest absolute Gasteiger partial charge is 0.272 e. The monoisotopic (exact) mass is 625 g/mol. The Hall–Kier alpha value is -5.42. The molecule has 0 spiro atoms. The summed E-state index contributed by atoms with van der Waals surface area (Å²) in [5.41, 5.74) is 2.10. The van der Waals surface area contributed by atoms with E-state index >= 15 is 0 Å². The highest BCUT2D eigenvalue weighted by Gasteiger charge is 2.19. The Kier molecular flexibility index (Phi) is 9.90. The van der Waals surface area contributed by atoms with E-state index in [0.29, 0.717) is 45.5 Å². The van der Waals surface area contributed by atoms with Crippen LogP contribution in [0.3, 0.4) is 0 Å². The molecular weight excluding hydrogens is 594 g/mol. The van der Waals surface area contributed by atoms with Crippen molar-refractivity contribution in [1.29, 1.82) is 0 Å². The van der Waals surface area contributed by atoms with E-state index in [-0.39, 0.29) is 18.4 Å². The summed E-state index contributed by atoms with van der Waals surface area (Å²) in [5.74, 6) is 1.14. The second-order valence-corrected chi connectivity index (χ2v) is 11.2. The van der Waals surface area contributed by atoms with Crippen LogP contribution in [-0.2, 0) is 9.59 Å². The molecule has 1 aliphatic rings. The lowest BCUT2D eigenvalue weighted by Crippen LogP contribution is -2.30. The fourth-order valence-electron chi connectivity index (χ4n) is 4.33. The topological polar surface area (TPSA) is 124 Å². The van der Waals surface area contributed by atoms with E-state index in [0.717, 1.165) is 4.90 Å². The van der Waals surface area contributed by atoms with E-state index in [1.54, 1.807) is 92.0 Å². The van der Waals surface area contributed by atoms with Crippen molar-refractivity contribution in [1.82, 2.24) is 5.32 Å². The number of methoxy groups -OCH3 is 2. The number of rotatable bonds is 11. The summed E-state index contributed by atoms with van der Waals surface area (Å²) in [6.07, 6.45) is 1.54. The maximum atomic E-state index is 13.5. The summed E-state index contributed by atoms with van der Waals surface area (Å²) in [7, 11) is 3.05. The first kappa shape index (κ1) is 31.0. The third kappa shape index (κ3) is 7.95. The van der Waals surface area contributed by atoms with E-state index < -0.39 is 17.1 Å². The minimum Gasteiger partial charge on any atom is -0.497 e. The van der Waals surface area contributed by atoms with Gasteiger partial charge in [0, 0.05) is 39.5 Å². The van der Waals surface area contributed by atoms with E-state index in [9.17, 15) is 14.4 Å². The lowest BCUT2D eigenvalue weighted by molar-refractivity contribution is -0.115. The van der Waals surface area contributed by atoms with Gasteiger partial charge in [0.1, 0.15) is 17.2 Å². The predicted molar refractivity (Wildman–Crippen MR) is 173 cm³/mol. The Morgan fingerprint density at radius 2 is 1.56 bits per heavy atom. The first-order valence-electron chi connectivity index (χ1n) is 13.9. The van der Waals surface area contributed by atoms with Crippen molar-refractivity contribution >= 4 is 46.9 Å². The molecule has 0 radical (unpaired) electrons. The number of carbonyl (C=O) groups is 3. The van der Waals surface area contributed by atoms with Crippen LogP contribution in [0.4, 0.5) is 11.4 Å². The Morgan fingerprint density at radius 3 is 2.29 bits per heavy atom. The molecule has 0 aromatic heterocycles. The second-order valence-electron chi connectivity index (χ2n) is 9.78. The summed E-state index contributed by atoms with van der Waals surface area (Å²) >= 11 is 1.37. The summed E-state index contributed by atoms with van der Waals surface area (Å²) in [6.45, 7) is 1.97. The van der Waals surface area contributed by atoms with Gasteiger partial charge in [0.15, 0.2) is 11.5 Å². The first-order chi connectivity index (χ1) is 21.8. The van der Waals surface area contributed by atoms with Gasteiger partial charge in [-0.15, -0.1) is 11.8 Å². The molecule has 0 aliphatic carbocycles. The number of anilines is 2. The SMILES string of the molecule is COc1ccc(/C=C(\NC(=O)c2ccccc2)C(=O)Nc2ccc(SC(C)C(=O)Nc3ccc4c(c3)OCO4)cc2)c(OC)c1. The fraction of sp³-hybridized carbons (Fsp3) is 0.147. The molecule has 11 heteroatoms. The van der Waals surface area contributed by atoms with Crippen LogP contribution in [0.15, 0.2) is 102 Å². The summed E-state index contributed by atoms with van der Waals surface area (Å²) < 4.78 is 21.4. The van der Waals surface area contributed by atoms with Crippen LogP contribution in [0.1, 0.15) is 22.8 Å². The number of hydrogen-bond acceptors (Lipinski definition) is 8.